The molecule has 2 atom stereocenters. The number of nitriles is 1. The number of aromatic nitrogens is 1. The van der Waals surface area contributed by atoms with Crippen LogP contribution in [0.2, 0.25) is 0 Å². The maximum atomic E-state index is 9.80. The molecule has 0 aliphatic heterocycles. The Labute approximate surface area is 344 Å². The molecule has 1 aromatic heterocycles. The number of hydrogen-bond acceptors (Lipinski definition) is 1. The lowest BCUT2D eigenvalue weighted by Crippen LogP contribution is -2.35. The van der Waals surface area contributed by atoms with Crippen LogP contribution in [0.4, 0.5) is 0 Å². The summed E-state index contributed by atoms with van der Waals surface area (Å²) >= 11 is 0. The van der Waals surface area contributed by atoms with Gasteiger partial charge in [0.15, 0.2) is 0 Å². The van der Waals surface area contributed by atoms with E-state index in [1.807, 2.05) is 18.2 Å². The Morgan fingerprint density at radius 1 is 0.508 bits per heavy atom. The molecule has 0 fully saturated rings. The first kappa shape index (κ1) is 33.9. The summed E-state index contributed by atoms with van der Waals surface area (Å²) < 4.78 is 2.30. The second-order valence-corrected chi connectivity index (χ2v) is 17.3. The predicted octanol–water partition coefficient (Wildman–Crippen LogP) is 14.6. The van der Waals surface area contributed by atoms with E-state index in [-0.39, 0.29) is 10.8 Å². The van der Waals surface area contributed by atoms with E-state index in [0.29, 0.717) is 5.56 Å². The van der Waals surface area contributed by atoms with Crippen LogP contribution in [-0.2, 0) is 0 Å². The van der Waals surface area contributed by atoms with Gasteiger partial charge in [-0.05, 0) is 120 Å². The highest BCUT2D eigenvalue weighted by atomic mass is 15.0. The van der Waals surface area contributed by atoms with Crippen molar-refractivity contribution in [1.82, 2.24) is 4.57 Å². The summed E-state index contributed by atoms with van der Waals surface area (Å²) in [5.74, 6) is 0. The first-order valence-electron chi connectivity index (χ1n) is 20.7. The first-order valence-corrected chi connectivity index (χ1v) is 20.7. The molecule has 12 rings (SSSR count). The van der Waals surface area contributed by atoms with Crippen LogP contribution >= 0.6 is 0 Å². The van der Waals surface area contributed by atoms with Gasteiger partial charge in [0.1, 0.15) is 0 Å². The van der Waals surface area contributed by atoms with Crippen molar-refractivity contribution in [2.24, 2.45) is 10.8 Å². The van der Waals surface area contributed by atoms with Gasteiger partial charge in [-0.3, -0.25) is 0 Å². The lowest BCUT2D eigenvalue weighted by atomic mass is 9.55. The van der Waals surface area contributed by atoms with Gasteiger partial charge in [-0.1, -0.05) is 166 Å². The van der Waals surface area contributed by atoms with E-state index < -0.39 is 0 Å². The first-order chi connectivity index (χ1) is 28.9. The largest absolute Gasteiger partial charge is 0.309 e. The van der Waals surface area contributed by atoms with E-state index >= 15 is 0 Å². The number of allylic oxidation sites excluding steroid dienone is 12. The zero-order chi connectivity index (χ0) is 39.5. The molecular formula is C57H40N2. The highest BCUT2D eigenvalue weighted by Gasteiger charge is 2.46. The second kappa shape index (κ2) is 12.4. The molecule has 2 nitrogen and oxygen atoms in total. The van der Waals surface area contributed by atoms with Gasteiger partial charge >= 0.3 is 0 Å². The Balaban J connectivity index is 0.986. The molecule has 2 unspecified atom stereocenters. The second-order valence-electron chi connectivity index (χ2n) is 17.3. The number of hydrogen-bond donors (Lipinski definition) is 0. The van der Waals surface area contributed by atoms with E-state index in [0.717, 1.165) is 34.9 Å². The number of para-hydroxylation sites is 1. The lowest BCUT2D eigenvalue weighted by molar-refractivity contribution is 0.449. The third-order valence-electron chi connectivity index (χ3n) is 13.6. The Morgan fingerprint density at radius 3 is 1.76 bits per heavy atom. The zero-order valence-corrected chi connectivity index (χ0v) is 33.1. The van der Waals surface area contributed by atoms with Gasteiger partial charge in [-0.2, -0.15) is 5.26 Å². The van der Waals surface area contributed by atoms with Crippen molar-refractivity contribution in [3.63, 3.8) is 0 Å². The number of rotatable bonds is 4. The molecule has 8 aromatic rings. The van der Waals surface area contributed by atoms with E-state index in [9.17, 15) is 5.26 Å². The monoisotopic (exact) mass is 752 g/mol. The van der Waals surface area contributed by atoms with Crippen molar-refractivity contribution in [2.45, 2.75) is 26.7 Å². The van der Waals surface area contributed by atoms with Crippen molar-refractivity contribution in [3.05, 3.63) is 221 Å². The molecule has 0 bridgehead atoms. The molecule has 0 saturated carbocycles. The van der Waals surface area contributed by atoms with Gasteiger partial charge in [0, 0.05) is 27.3 Å². The van der Waals surface area contributed by atoms with Gasteiger partial charge in [0.05, 0.1) is 22.7 Å². The molecule has 1 heterocycles. The van der Waals surface area contributed by atoms with E-state index in [1.54, 1.807) is 0 Å². The van der Waals surface area contributed by atoms with Gasteiger partial charge in [0.25, 0.3) is 0 Å². The molecule has 0 radical (unpaired) electrons. The molecule has 0 amide bonds. The summed E-state index contributed by atoms with van der Waals surface area (Å²) in [6.45, 7) is 4.91. The van der Waals surface area contributed by atoms with Crippen LogP contribution in [0, 0.1) is 22.2 Å². The fraction of sp³-hybridized carbons (Fsp3) is 0.105. The quantitative estimate of drug-likeness (QED) is 0.176. The van der Waals surface area contributed by atoms with Crippen LogP contribution < -0.4 is 0 Å². The SMILES string of the molecule is CC12C=CC3=C4C1=C(C=CC4(C)CC(c1ccc(-c4ccc5c6ccc(C#N)cc6n(-c6ccccc6)c5c4)c4ccccc14)=C3)C=C(c1cccc3ccccc13)C2. The van der Waals surface area contributed by atoms with Crippen molar-refractivity contribution in [2.75, 3.05) is 0 Å². The average Bonchev–Trinajstić information content (AvgIpc) is 3.60. The highest BCUT2D eigenvalue weighted by molar-refractivity contribution is 6.12. The van der Waals surface area contributed by atoms with E-state index in [2.05, 4.69) is 188 Å². The number of benzene rings is 7. The van der Waals surface area contributed by atoms with Crippen molar-refractivity contribution < 1.29 is 0 Å². The van der Waals surface area contributed by atoms with Crippen LogP contribution in [-0.4, -0.2) is 4.57 Å². The van der Waals surface area contributed by atoms with Crippen LogP contribution in [0.3, 0.4) is 0 Å². The Hall–Kier alpha value is -7.21. The van der Waals surface area contributed by atoms with Gasteiger partial charge in [-0.15, -0.1) is 0 Å². The third kappa shape index (κ3) is 4.98. The molecule has 4 aliphatic rings. The minimum absolute atomic E-state index is 0.0771. The Kier molecular flexibility index (Phi) is 7.12. The summed E-state index contributed by atoms with van der Waals surface area (Å²) in [6.07, 6.45) is 16.7. The fourth-order valence-corrected chi connectivity index (χ4v) is 11.0. The topological polar surface area (TPSA) is 28.7 Å². The maximum absolute atomic E-state index is 9.80. The smallest absolute Gasteiger partial charge is 0.0992 e. The van der Waals surface area contributed by atoms with E-state index in [4.69, 9.17) is 0 Å². The molecule has 0 N–H and O–H groups in total. The minimum atomic E-state index is -0.115. The van der Waals surface area contributed by atoms with Crippen LogP contribution in [0.5, 0.6) is 0 Å². The predicted molar refractivity (Wildman–Crippen MR) is 246 cm³/mol. The standard InChI is InChI=1S/C57H40N2/c1-56-27-26-40-31-42(34-57(2)28-25-39(54(56)55(40)57)30-41(33-56)45-18-10-12-37-11-6-7-15-44(37)45)47-24-23-46(48-16-8-9-17-49(47)48)38-20-22-51-50-21-19-36(35-58)29-52(50)59(53(51)32-38)43-13-4-3-5-14-43/h3-32H,33-34H2,1-2H3. The Morgan fingerprint density at radius 2 is 1.07 bits per heavy atom. The molecular weight excluding hydrogens is 713 g/mol. The molecule has 59 heavy (non-hydrogen) atoms. The molecule has 7 aromatic carbocycles. The van der Waals surface area contributed by atoms with Crippen LogP contribution in [0.25, 0.3) is 71.3 Å². The third-order valence-corrected chi connectivity index (χ3v) is 13.6. The molecule has 0 spiro atoms. The van der Waals surface area contributed by atoms with Crippen LogP contribution in [0.15, 0.2) is 204 Å². The average molecular weight is 753 g/mol. The molecule has 2 heteroatoms. The van der Waals surface area contributed by atoms with Crippen molar-refractivity contribution in [1.29, 1.82) is 5.26 Å². The van der Waals surface area contributed by atoms with Gasteiger partial charge in [0.2, 0.25) is 0 Å². The normalized spacial score (nSPS) is 20.6. The molecule has 0 saturated heterocycles. The lowest BCUT2D eigenvalue weighted by Gasteiger charge is -2.48. The molecule has 278 valence electrons. The number of nitrogens with zero attached hydrogens (tertiary/aromatic N) is 2. The summed E-state index contributed by atoms with van der Waals surface area (Å²) in [5.41, 5.74) is 17.3. The van der Waals surface area contributed by atoms with Gasteiger partial charge < -0.3 is 4.57 Å². The highest BCUT2D eigenvalue weighted by Crippen LogP contribution is 2.61. The van der Waals surface area contributed by atoms with Crippen molar-refractivity contribution in [3.8, 4) is 22.9 Å². The Bertz CT molecular complexity index is 3400. The summed E-state index contributed by atoms with van der Waals surface area (Å²) in [5, 5.41) is 17.3. The summed E-state index contributed by atoms with van der Waals surface area (Å²) in [4.78, 5) is 0. The molecule has 4 aliphatic carbocycles. The van der Waals surface area contributed by atoms with Crippen LogP contribution in [0.1, 0.15) is 43.4 Å². The minimum Gasteiger partial charge on any atom is -0.309 e. The van der Waals surface area contributed by atoms with Gasteiger partial charge in [-0.25, -0.2) is 0 Å². The summed E-state index contributed by atoms with van der Waals surface area (Å²) in [7, 11) is 0. The summed E-state index contributed by atoms with van der Waals surface area (Å²) in [6, 6.07) is 54.9. The van der Waals surface area contributed by atoms with E-state index in [1.165, 1.54) is 82.6 Å². The maximum Gasteiger partial charge on any atom is 0.0992 e. The fourth-order valence-electron chi connectivity index (χ4n) is 11.0. The zero-order valence-electron chi connectivity index (χ0n) is 33.1. The number of fused-ring (bicyclic) bond motifs is 5. The van der Waals surface area contributed by atoms with Crippen molar-refractivity contribution >= 4 is 54.5 Å².